The molecule has 1 aromatic heterocycles. The number of hydrogen-bond donors (Lipinski definition) is 0. The zero-order valence-corrected chi connectivity index (χ0v) is 16.2. The summed E-state index contributed by atoms with van der Waals surface area (Å²) in [5, 5.41) is 0. The molecule has 148 valence electrons. The lowest BCUT2D eigenvalue weighted by molar-refractivity contribution is -0.133. The van der Waals surface area contributed by atoms with Gasteiger partial charge in [-0.15, -0.1) is 0 Å². The number of carbonyl (C=O) groups is 1. The van der Waals surface area contributed by atoms with Gasteiger partial charge < -0.3 is 19.1 Å². The van der Waals surface area contributed by atoms with Crippen LogP contribution in [0.3, 0.4) is 0 Å². The Morgan fingerprint density at radius 1 is 1.18 bits per heavy atom. The molecule has 1 unspecified atom stereocenters. The van der Waals surface area contributed by atoms with E-state index in [2.05, 4.69) is 4.98 Å². The van der Waals surface area contributed by atoms with Gasteiger partial charge in [0.05, 0.1) is 20.3 Å². The molecule has 1 aliphatic carbocycles. The lowest BCUT2D eigenvalue weighted by Crippen LogP contribution is -2.31. The number of methoxy groups -OCH3 is 1. The van der Waals surface area contributed by atoms with Crippen molar-refractivity contribution in [2.75, 3.05) is 20.3 Å². The third kappa shape index (κ3) is 4.62. The number of aromatic nitrogens is 1. The number of carbonyl (C=O) groups excluding carboxylic acids is 1. The van der Waals surface area contributed by atoms with E-state index < -0.39 is 0 Å². The Balaban J connectivity index is 1.49. The predicted molar refractivity (Wildman–Crippen MR) is 104 cm³/mol. The topological polar surface area (TPSA) is 60.9 Å². The fourth-order valence-corrected chi connectivity index (χ4v) is 3.43. The van der Waals surface area contributed by atoms with E-state index in [1.807, 2.05) is 41.4 Å². The first kappa shape index (κ1) is 18.7. The Labute approximate surface area is 165 Å². The minimum Gasteiger partial charge on any atom is -0.493 e. The summed E-state index contributed by atoms with van der Waals surface area (Å²) in [6.45, 7) is 2.44. The highest BCUT2D eigenvalue weighted by molar-refractivity contribution is 5.81. The summed E-state index contributed by atoms with van der Waals surface area (Å²) in [6, 6.07) is 9.79. The first-order valence-corrected chi connectivity index (χ1v) is 9.82. The zero-order valence-electron chi connectivity index (χ0n) is 16.2. The first-order chi connectivity index (χ1) is 13.7. The molecular formula is C22H26N2O4. The number of benzene rings is 1. The molecule has 2 heterocycles. The van der Waals surface area contributed by atoms with E-state index in [0.29, 0.717) is 31.2 Å². The molecule has 0 bridgehead atoms. The van der Waals surface area contributed by atoms with Crippen molar-refractivity contribution in [3.63, 3.8) is 0 Å². The monoisotopic (exact) mass is 382 g/mol. The smallest absolute Gasteiger partial charge is 0.226 e. The third-order valence-corrected chi connectivity index (χ3v) is 5.12. The molecule has 28 heavy (non-hydrogen) atoms. The molecule has 4 rings (SSSR count). The molecule has 1 saturated carbocycles. The van der Waals surface area contributed by atoms with Gasteiger partial charge in [0.25, 0.3) is 0 Å². The number of pyridine rings is 1. The van der Waals surface area contributed by atoms with E-state index in [1.165, 1.54) is 0 Å². The molecule has 2 aromatic rings. The molecule has 0 radical (unpaired) electrons. The van der Waals surface area contributed by atoms with Gasteiger partial charge in [0.1, 0.15) is 6.10 Å². The molecule has 6 heteroatoms. The number of nitrogens with zero attached hydrogens (tertiary/aromatic N) is 2. The van der Waals surface area contributed by atoms with E-state index in [4.69, 9.17) is 14.2 Å². The van der Waals surface area contributed by atoms with Gasteiger partial charge in [-0.05, 0) is 42.2 Å². The highest BCUT2D eigenvalue weighted by Crippen LogP contribution is 2.34. The van der Waals surface area contributed by atoms with Crippen LogP contribution in [0.25, 0.3) is 0 Å². The van der Waals surface area contributed by atoms with Crippen LogP contribution in [-0.4, -0.2) is 42.2 Å². The van der Waals surface area contributed by atoms with Crippen molar-refractivity contribution in [2.45, 2.75) is 38.5 Å². The van der Waals surface area contributed by atoms with Crippen LogP contribution in [0.1, 0.15) is 30.4 Å². The number of amides is 1. The van der Waals surface area contributed by atoms with E-state index >= 15 is 0 Å². The van der Waals surface area contributed by atoms with Gasteiger partial charge in [0.2, 0.25) is 5.91 Å². The van der Waals surface area contributed by atoms with Crippen molar-refractivity contribution in [1.82, 2.24) is 9.88 Å². The van der Waals surface area contributed by atoms with Gasteiger partial charge >= 0.3 is 0 Å². The van der Waals surface area contributed by atoms with Gasteiger partial charge in [0, 0.05) is 37.8 Å². The van der Waals surface area contributed by atoms with E-state index in [-0.39, 0.29) is 17.9 Å². The highest BCUT2D eigenvalue weighted by Gasteiger charge is 2.33. The number of hydrogen-bond acceptors (Lipinski definition) is 5. The largest absolute Gasteiger partial charge is 0.493 e. The van der Waals surface area contributed by atoms with Crippen LogP contribution in [0.4, 0.5) is 0 Å². The first-order valence-electron chi connectivity index (χ1n) is 9.82. The van der Waals surface area contributed by atoms with Crippen LogP contribution >= 0.6 is 0 Å². The lowest BCUT2D eigenvalue weighted by Gasteiger charge is -2.24. The summed E-state index contributed by atoms with van der Waals surface area (Å²) in [7, 11) is 1.64. The molecule has 0 N–H and O–H groups in total. The second kappa shape index (κ2) is 8.61. The molecule has 2 fully saturated rings. The molecule has 1 amide bonds. The lowest BCUT2D eigenvalue weighted by atomic mass is 10.1. The molecule has 1 aromatic carbocycles. The minimum atomic E-state index is 0.0678. The standard InChI is InChI=1S/C22H26N2O4/c1-26-21-11-16(4-7-20(21)28-19-8-10-27-15-19)13-24(22(25)18-5-6-18)14-17-3-2-9-23-12-17/h2-4,7,9,11-12,18-19H,5-6,8,10,13-15H2,1H3. The van der Waals surface area contributed by atoms with Crippen LogP contribution < -0.4 is 9.47 Å². The van der Waals surface area contributed by atoms with Gasteiger partial charge in [-0.3, -0.25) is 9.78 Å². The van der Waals surface area contributed by atoms with E-state index in [0.717, 1.165) is 37.0 Å². The van der Waals surface area contributed by atoms with E-state index in [1.54, 1.807) is 13.3 Å². The summed E-state index contributed by atoms with van der Waals surface area (Å²) in [5.74, 6) is 1.79. The van der Waals surface area contributed by atoms with E-state index in [9.17, 15) is 4.79 Å². The van der Waals surface area contributed by atoms with Crippen LogP contribution in [0.15, 0.2) is 42.7 Å². The van der Waals surface area contributed by atoms with Gasteiger partial charge in [-0.2, -0.15) is 0 Å². The molecule has 2 aliphatic rings. The average Bonchev–Trinajstić information content (AvgIpc) is 3.45. The summed E-state index contributed by atoms with van der Waals surface area (Å²) in [4.78, 5) is 18.9. The Kier molecular flexibility index (Phi) is 5.76. The number of ether oxygens (including phenoxy) is 3. The third-order valence-electron chi connectivity index (χ3n) is 5.12. The molecule has 0 spiro atoms. The van der Waals surface area contributed by atoms with Crippen LogP contribution in [-0.2, 0) is 22.6 Å². The Bertz CT molecular complexity index is 801. The molecule has 6 nitrogen and oxygen atoms in total. The minimum absolute atomic E-state index is 0.0678. The van der Waals surface area contributed by atoms with Crippen molar-refractivity contribution in [2.24, 2.45) is 5.92 Å². The van der Waals surface area contributed by atoms with Crippen LogP contribution in [0, 0.1) is 5.92 Å². The normalized spacial score (nSPS) is 18.7. The fourth-order valence-electron chi connectivity index (χ4n) is 3.43. The van der Waals surface area contributed by atoms with Gasteiger partial charge in [0.15, 0.2) is 11.5 Å². The Morgan fingerprint density at radius 3 is 2.71 bits per heavy atom. The number of rotatable bonds is 8. The van der Waals surface area contributed by atoms with Gasteiger partial charge in [-0.25, -0.2) is 0 Å². The fraction of sp³-hybridized carbons (Fsp3) is 0.455. The molecule has 1 aliphatic heterocycles. The van der Waals surface area contributed by atoms with Crippen LogP contribution in [0.5, 0.6) is 11.5 Å². The quantitative estimate of drug-likeness (QED) is 0.702. The van der Waals surface area contributed by atoms with Crippen molar-refractivity contribution in [1.29, 1.82) is 0 Å². The van der Waals surface area contributed by atoms with Crippen molar-refractivity contribution >= 4 is 5.91 Å². The van der Waals surface area contributed by atoms with Crippen molar-refractivity contribution in [3.8, 4) is 11.5 Å². The molecule has 1 saturated heterocycles. The molecular weight excluding hydrogens is 356 g/mol. The maximum absolute atomic E-state index is 12.8. The molecule has 1 atom stereocenters. The summed E-state index contributed by atoms with van der Waals surface area (Å²) in [6.07, 6.45) is 6.49. The maximum Gasteiger partial charge on any atom is 0.226 e. The Hall–Kier alpha value is -2.60. The Morgan fingerprint density at radius 2 is 2.04 bits per heavy atom. The van der Waals surface area contributed by atoms with Crippen molar-refractivity contribution in [3.05, 3.63) is 53.9 Å². The second-order valence-corrected chi connectivity index (χ2v) is 7.42. The van der Waals surface area contributed by atoms with Crippen LogP contribution in [0.2, 0.25) is 0 Å². The zero-order chi connectivity index (χ0) is 19.3. The van der Waals surface area contributed by atoms with Crippen molar-refractivity contribution < 1.29 is 19.0 Å². The second-order valence-electron chi connectivity index (χ2n) is 7.42. The summed E-state index contributed by atoms with van der Waals surface area (Å²) < 4.78 is 16.9. The summed E-state index contributed by atoms with van der Waals surface area (Å²) >= 11 is 0. The average molecular weight is 382 g/mol. The van der Waals surface area contributed by atoms with Gasteiger partial charge in [-0.1, -0.05) is 12.1 Å². The summed E-state index contributed by atoms with van der Waals surface area (Å²) in [5.41, 5.74) is 2.05. The predicted octanol–water partition coefficient (Wildman–Crippen LogP) is 3.20. The maximum atomic E-state index is 12.8. The SMILES string of the molecule is COc1cc(CN(Cc2cccnc2)C(=O)C2CC2)ccc1OC1CCOC1. The highest BCUT2D eigenvalue weighted by atomic mass is 16.6.